The molecule has 0 bridgehead atoms. The Morgan fingerprint density at radius 2 is 2.16 bits per heavy atom. The zero-order valence-electron chi connectivity index (χ0n) is 17.6. The molecule has 1 aliphatic heterocycles. The number of rotatable bonds is 6. The van der Waals surface area contributed by atoms with E-state index in [9.17, 15) is 13.2 Å². The molecule has 1 unspecified atom stereocenters. The summed E-state index contributed by atoms with van der Waals surface area (Å²) >= 11 is 7.28. The van der Waals surface area contributed by atoms with Gasteiger partial charge in [0.05, 0.1) is 16.4 Å². The maximum absolute atomic E-state index is 13.5. The van der Waals surface area contributed by atoms with Gasteiger partial charge in [0.25, 0.3) is 5.89 Å². The molecule has 11 heteroatoms. The quantitative estimate of drug-likeness (QED) is 0.462. The first-order chi connectivity index (χ1) is 15.3. The lowest BCUT2D eigenvalue weighted by molar-refractivity contribution is -0.148. The summed E-state index contributed by atoms with van der Waals surface area (Å²) < 4.78 is 38.7. The molecule has 0 amide bonds. The molecule has 0 N–H and O–H groups in total. The van der Waals surface area contributed by atoms with E-state index in [1.807, 2.05) is 6.07 Å². The van der Waals surface area contributed by atoms with Crippen molar-refractivity contribution in [1.82, 2.24) is 14.4 Å². The second kappa shape index (κ2) is 9.30. The summed E-state index contributed by atoms with van der Waals surface area (Å²) in [6.45, 7) is 3.91. The van der Waals surface area contributed by atoms with Crippen LogP contribution >= 0.6 is 22.9 Å². The fourth-order valence-corrected chi connectivity index (χ4v) is 7.01. The number of esters is 1. The van der Waals surface area contributed by atoms with Crippen molar-refractivity contribution in [3.05, 3.63) is 40.2 Å². The van der Waals surface area contributed by atoms with Crippen LogP contribution in [0.15, 0.2) is 39.8 Å². The third kappa shape index (κ3) is 4.45. The zero-order valence-corrected chi connectivity index (χ0v) is 20.0. The van der Waals surface area contributed by atoms with Gasteiger partial charge >= 0.3 is 5.97 Å². The van der Waals surface area contributed by atoms with E-state index in [0.717, 1.165) is 6.42 Å². The van der Waals surface area contributed by atoms with Crippen LogP contribution in [0.4, 0.5) is 0 Å². The van der Waals surface area contributed by atoms with Crippen LogP contribution in [-0.4, -0.2) is 48.0 Å². The fourth-order valence-electron chi connectivity index (χ4n) is 3.69. The first-order valence-electron chi connectivity index (χ1n) is 10.2. The molecular weight excluding hydrogens is 474 g/mol. The predicted molar refractivity (Wildman–Crippen MR) is 121 cm³/mol. The molecule has 0 radical (unpaired) electrons. The van der Waals surface area contributed by atoms with E-state index in [4.69, 9.17) is 20.9 Å². The maximum Gasteiger partial charge on any atom is 0.324 e. The molecule has 0 spiro atoms. The van der Waals surface area contributed by atoms with Crippen LogP contribution in [0.3, 0.4) is 0 Å². The van der Waals surface area contributed by atoms with Gasteiger partial charge in [0.2, 0.25) is 15.8 Å². The molecule has 3 heterocycles. The lowest BCUT2D eigenvalue weighted by Gasteiger charge is -2.32. The Morgan fingerprint density at radius 1 is 1.34 bits per heavy atom. The van der Waals surface area contributed by atoms with E-state index in [1.165, 1.54) is 21.7 Å². The number of benzene rings is 1. The van der Waals surface area contributed by atoms with Crippen LogP contribution in [0.5, 0.6) is 0 Å². The molecular formula is C21H22ClN3O5S2. The number of aromatic nitrogens is 2. The molecule has 4 rings (SSSR count). The third-order valence-corrected chi connectivity index (χ3v) is 8.63. The average Bonchev–Trinajstić information content (AvgIpc) is 3.41. The Morgan fingerprint density at radius 3 is 2.91 bits per heavy atom. The van der Waals surface area contributed by atoms with E-state index in [-0.39, 0.29) is 23.9 Å². The molecule has 1 aliphatic rings. The smallest absolute Gasteiger partial charge is 0.324 e. The summed E-state index contributed by atoms with van der Waals surface area (Å²) in [5.74, 6) is 0.0680. The highest BCUT2D eigenvalue weighted by Crippen LogP contribution is 2.36. The van der Waals surface area contributed by atoms with Gasteiger partial charge < -0.3 is 9.26 Å². The van der Waals surface area contributed by atoms with Gasteiger partial charge in [-0.25, -0.2) is 8.42 Å². The largest absolute Gasteiger partial charge is 0.465 e. The second-order valence-corrected chi connectivity index (χ2v) is 10.9. The Balaban J connectivity index is 1.65. The molecule has 1 aromatic carbocycles. The highest BCUT2D eigenvalue weighted by Gasteiger charge is 2.39. The Bertz CT molecular complexity index is 1240. The zero-order chi connectivity index (χ0) is 22.9. The van der Waals surface area contributed by atoms with Crippen molar-refractivity contribution in [2.75, 3.05) is 13.2 Å². The third-order valence-electron chi connectivity index (χ3n) is 5.19. The molecule has 1 fully saturated rings. The number of halogens is 1. The first-order valence-corrected chi connectivity index (χ1v) is 12.8. The molecule has 0 aliphatic carbocycles. The first kappa shape index (κ1) is 22.9. The normalized spacial score (nSPS) is 17.4. The Kier molecular flexibility index (Phi) is 6.66. The van der Waals surface area contributed by atoms with Gasteiger partial charge in [-0.1, -0.05) is 28.9 Å². The van der Waals surface area contributed by atoms with Gasteiger partial charge in [0.15, 0.2) is 0 Å². The SMILES string of the molecule is CCOC(=O)C1CCCCN1S(=O)(=O)c1cc(-c2nc(-c3cccc(Cl)c3)no2)sc1C. The number of hydrogen-bond donors (Lipinski definition) is 0. The standard InChI is InChI=1S/C21H22ClN3O5S2/c1-3-29-21(26)16-9-4-5-10-25(16)32(27,28)18-12-17(31-13(18)2)20-23-19(24-30-20)14-7-6-8-15(22)11-14/h6-8,11-12,16H,3-5,9-10H2,1-2H3. The number of aryl methyl sites for hydroxylation is 1. The summed E-state index contributed by atoms with van der Waals surface area (Å²) in [5.41, 5.74) is 0.694. The van der Waals surface area contributed by atoms with Crippen molar-refractivity contribution in [3.63, 3.8) is 0 Å². The van der Waals surface area contributed by atoms with Crippen molar-refractivity contribution in [2.45, 2.75) is 44.0 Å². The van der Waals surface area contributed by atoms with E-state index in [2.05, 4.69) is 10.1 Å². The lowest BCUT2D eigenvalue weighted by atomic mass is 10.1. The Hall–Kier alpha value is -2.27. The van der Waals surface area contributed by atoms with E-state index >= 15 is 0 Å². The summed E-state index contributed by atoms with van der Waals surface area (Å²) in [7, 11) is -3.91. The number of piperidine rings is 1. The number of carbonyl (C=O) groups excluding carboxylic acids is 1. The van der Waals surface area contributed by atoms with Crippen LogP contribution in [0.25, 0.3) is 22.2 Å². The molecule has 32 heavy (non-hydrogen) atoms. The Labute approximate surface area is 195 Å². The van der Waals surface area contributed by atoms with Crippen molar-refractivity contribution >= 4 is 38.9 Å². The van der Waals surface area contributed by atoms with E-state index in [0.29, 0.717) is 39.0 Å². The van der Waals surface area contributed by atoms with Gasteiger partial charge in [-0.3, -0.25) is 4.79 Å². The number of carbonyl (C=O) groups is 1. The summed E-state index contributed by atoms with van der Waals surface area (Å²) in [5, 5.41) is 4.54. The number of ether oxygens (including phenoxy) is 1. The molecule has 170 valence electrons. The lowest BCUT2D eigenvalue weighted by Crippen LogP contribution is -2.48. The number of hydrogen-bond acceptors (Lipinski definition) is 8. The summed E-state index contributed by atoms with van der Waals surface area (Å²) in [6, 6.07) is 7.78. The van der Waals surface area contributed by atoms with Crippen LogP contribution < -0.4 is 0 Å². The van der Waals surface area contributed by atoms with Crippen LogP contribution in [0, 0.1) is 6.92 Å². The molecule has 3 aromatic rings. The maximum atomic E-state index is 13.5. The highest BCUT2D eigenvalue weighted by molar-refractivity contribution is 7.89. The van der Waals surface area contributed by atoms with Gasteiger partial charge in [-0.2, -0.15) is 9.29 Å². The van der Waals surface area contributed by atoms with Crippen LogP contribution in [-0.2, 0) is 19.6 Å². The van der Waals surface area contributed by atoms with Crippen molar-refractivity contribution in [3.8, 4) is 22.2 Å². The molecule has 0 saturated carbocycles. The second-order valence-electron chi connectivity index (χ2n) is 7.34. The molecule has 1 saturated heterocycles. The molecule has 1 atom stereocenters. The number of thiophene rings is 1. The van der Waals surface area contributed by atoms with Gasteiger partial charge in [0, 0.05) is 22.0 Å². The van der Waals surface area contributed by atoms with Crippen molar-refractivity contribution in [1.29, 1.82) is 0 Å². The minimum absolute atomic E-state index is 0.135. The monoisotopic (exact) mass is 495 g/mol. The van der Waals surface area contributed by atoms with Crippen molar-refractivity contribution in [2.24, 2.45) is 0 Å². The predicted octanol–water partition coefficient (Wildman–Crippen LogP) is 4.53. The average molecular weight is 496 g/mol. The highest BCUT2D eigenvalue weighted by atomic mass is 35.5. The van der Waals surface area contributed by atoms with Gasteiger partial charge in [0.1, 0.15) is 6.04 Å². The van der Waals surface area contributed by atoms with Crippen LogP contribution in [0.2, 0.25) is 5.02 Å². The minimum atomic E-state index is -3.91. The topological polar surface area (TPSA) is 103 Å². The fraction of sp³-hybridized carbons (Fsp3) is 0.381. The number of sulfonamides is 1. The van der Waals surface area contributed by atoms with Crippen LogP contribution in [0.1, 0.15) is 31.1 Å². The molecule has 8 nitrogen and oxygen atoms in total. The number of nitrogens with zero attached hydrogens (tertiary/aromatic N) is 3. The van der Waals surface area contributed by atoms with Gasteiger partial charge in [-0.15, -0.1) is 11.3 Å². The van der Waals surface area contributed by atoms with E-state index < -0.39 is 22.0 Å². The van der Waals surface area contributed by atoms with Gasteiger partial charge in [-0.05, 0) is 51.3 Å². The minimum Gasteiger partial charge on any atom is -0.465 e. The van der Waals surface area contributed by atoms with E-state index in [1.54, 1.807) is 32.0 Å². The molecule has 2 aromatic heterocycles. The van der Waals surface area contributed by atoms with Crippen molar-refractivity contribution < 1.29 is 22.5 Å². The summed E-state index contributed by atoms with van der Waals surface area (Å²) in [6.07, 6.45) is 1.91. The summed E-state index contributed by atoms with van der Waals surface area (Å²) in [4.78, 5) is 18.0.